The van der Waals surface area contributed by atoms with Gasteiger partial charge in [-0.1, -0.05) is 6.07 Å². The van der Waals surface area contributed by atoms with E-state index >= 15 is 0 Å². The monoisotopic (exact) mass is 170 g/mol. The molecule has 0 atom stereocenters. The molecule has 0 saturated carbocycles. The van der Waals surface area contributed by atoms with Crippen LogP contribution in [-0.4, -0.2) is 40.6 Å². The van der Waals surface area contributed by atoms with E-state index in [1.54, 1.807) is 12.1 Å². The molecule has 0 aliphatic rings. The van der Waals surface area contributed by atoms with Crippen LogP contribution in [0.25, 0.3) is 0 Å². The maximum Gasteiger partial charge on any atom is 0.335 e. The quantitative estimate of drug-likeness (QED) is 0.636. The zero-order chi connectivity index (χ0) is 8.27. The minimum absolute atomic E-state index is 0. The first-order valence-electron chi connectivity index (χ1n) is 2.97. The summed E-state index contributed by atoms with van der Waals surface area (Å²) in [5.41, 5.74) is 0.508. The van der Waals surface area contributed by atoms with Crippen LogP contribution in [0.1, 0.15) is 15.9 Å². The molecule has 0 bridgehead atoms. The Morgan fingerprint density at radius 2 is 2.17 bits per heavy atom. The Labute approximate surface area is 91.9 Å². The molecular weight excluding hydrogens is 165 g/mol. The number of carboxylic acid groups (broad SMARTS) is 1. The molecular formula is C8H5NNaO2. The summed E-state index contributed by atoms with van der Waals surface area (Å²) in [4.78, 5) is 10.4. The number of carboxylic acids is 1. The molecule has 0 amide bonds. The van der Waals surface area contributed by atoms with E-state index < -0.39 is 5.97 Å². The number of hydrogen-bond donors (Lipinski definition) is 1. The van der Waals surface area contributed by atoms with Gasteiger partial charge >= 0.3 is 5.97 Å². The van der Waals surface area contributed by atoms with Gasteiger partial charge in [0.15, 0.2) is 0 Å². The molecule has 0 aliphatic carbocycles. The average Bonchev–Trinajstić information content (AvgIpc) is 2.05. The van der Waals surface area contributed by atoms with Crippen molar-refractivity contribution in [2.75, 3.05) is 0 Å². The van der Waals surface area contributed by atoms with Crippen LogP contribution in [0.4, 0.5) is 0 Å². The van der Waals surface area contributed by atoms with E-state index in [0.29, 0.717) is 5.56 Å². The predicted octanol–water partition coefficient (Wildman–Crippen LogP) is 0.876. The third-order valence-electron chi connectivity index (χ3n) is 1.24. The number of hydrogen-bond acceptors (Lipinski definition) is 2. The molecule has 1 radical (unpaired) electrons. The Morgan fingerprint density at radius 3 is 2.67 bits per heavy atom. The SMILES string of the molecule is N#Cc1cccc(C(=O)O)c1.[Na]. The molecule has 12 heavy (non-hydrogen) atoms. The van der Waals surface area contributed by atoms with Crippen molar-refractivity contribution < 1.29 is 9.90 Å². The standard InChI is InChI=1S/C8H5NO2.Na/c9-5-6-2-1-3-7(4-6)8(10)11;/h1-4H,(H,10,11);. The number of benzene rings is 1. The molecule has 0 aromatic heterocycles. The Balaban J connectivity index is 0.00000121. The van der Waals surface area contributed by atoms with E-state index in [-0.39, 0.29) is 35.1 Å². The zero-order valence-corrected chi connectivity index (χ0v) is 8.61. The van der Waals surface area contributed by atoms with E-state index in [2.05, 4.69) is 0 Å². The van der Waals surface area contributed by atoms with E-state index in [1.165, 1.54) is 12.1 Å². The summed E-state index contributed by atoms with van der Waals surface area (Å²) in [6, 6.07) is 7.75. The summed E-state index contributed by atoms with van der Waals surface area (Å²) in [5, 5.41) is 16.9. The van der Waals surface area contributed by atoms with Gasteiger partial charge in [0.1, 0.15) is 0 Å². The number of aromatic carboxylic acids is 1. The van der Waals surface area contributed by atoms with Crippen molar-refractivity contribution in [2.24, 2.45) is 0 Å². The van der Waals surface area contributed by atoms with E-state index in [9.17, 15) is 4.79 Å². The predicted molar refractivity (Wildman–Crippen MR) is 43.9 cm³/mol. The Kier molecular flexibility index (Phi) is 4.60. The zero-order valence-electron chi connectivity index (χ0n) is 6.61. The second kappa shape index (κ2) is 4.94. The molecule has 0 unspecified atom stereocenters. The van der Waals surface area contributed by atoms with Gasteiger partial charge in [-0.05, 0) is 18.2 Å². The van der Waals surface area contributed by atoms with Gasteiger partial charge in [0.2, 0.25) is 0 Å². The first kappa shape index (κ1) is 11.2. The summed E-state index contributed by atoms with van der Waals surface area (Å²) >= 11 is 0. The van der Waals surface area contributed by atoms with Crippen LogP contribution in [0.15, 0.2) is 24.3 Å². The van der Waals surface area contributed by atoms with E-state index in [1.807, 2.05) is 6.07 Å². The minimum atomic E-state index is -1.01. The van der Waals surface area contributed by atoms with Crippen molar-refractivity contribution in [3.63, 3.8) is 0 Å². The van der Waals surface area contributed by atoms with Crippen LogP contribution in [0.3, 0.4) is 0 Å². The molecule has 0 fully saturated rings. The molecule has 0 heterocycles. The summed E-state index contributed by atoms with van der Waals surface area (Å²) in [6.07, 6.45) is 0. The van der Waals surface area contributed by atoms with Gasteiger partial charge in [-0.2, -0.15) is 5.26 Å². The molecule has 3 nitrogen and oxygen atoms in total. The second-order valence-electron chi connectivity index (χ2n) is 2.00. The molecule has 0 saturated heterocycles. The van der Waals surface area contributed by atoms with Gasteiger partial charge in [0, 0.05) is 29.6 Å². The fraction of sp³-hybridized carbons (Fsp3) is 0. The Morgan fingerprint density at radius 1 is 1.50 bits per heavy atom. The number of rotatable bonds is 1. The van der Waals surface area contributed by atoms with Crippen molar-refractivity contribution in [1.29, 1.82) is 5.26 Å². The molecule has 1 rings (SSSR count). The van der Waals surface area contributed by atoms with Crippen molar-refractivity contribution in [1.82, 2.24) is 0 Å². The van der Waals surface area contributed by atoms with Gasteiger partial charge in [0.25, 0.3) is 0 Å². The van der Waals surface area contributed by atoms with Gasteiger partial charge in [0.05, 0.1) is 17.2 Å². The van der Waals surface area contributed by atoms with Gasteiger partial charge in [-0.25, -0.2) is 4.79 Å². The third-order valence-corrected chi connectivity index (χ3v) is 1.24. The smallest absolute Gasteiger partial charge is 0.335 e. The van der Waals surface area contributed by atoms with Gasteiger partial charge < -0.3 is 5.11 Å². The Hall–Kier alpha value is -0.820. The van der Waals surface area contributed by atoms with Crippen LogP contribution >= 0.6 is 0 Å². The first-order chi connectivity index (χ1) is 5.24. The number of nitriles is 1. The van der Waals surface area contributed by atoms with E-state index in [0.717, 1.165) is 0 Å². The van der Waals surface area contributed by atoms with Gasteiger partial charge in [-0.3, -0.25) is 0 Å². The fourth-order valence-electron chi connectivity index (χ4n) is 0.722. The molecule has 0 aliphatic heterocycles. The van der Waals surface area contributed by atoms with Crippen molar-refractivity contribution in [3.05, 3.63) is 35.4 Å². The second-order valence-corrected chi connectivity index (χ2v) is 2.00. The Bertz CT molecular complexity index is 330. The summed E-state index contributed by atoms with van der Waals surface area (Å²) in [7, 11) is 0. The van der Waals surface area contributed by atoms with E-state index in [4.69, 9.17) is 10.4 Å². The first-order valence-corrected chi connectivity index (χ1v) is 2.97. The minimum Gasteiger partial charge on any atom is -0.478 e. The number of carbonyl (C=O) groups is 1. The molecule has 0 spiro atoms. The third kappa shape index (κ3) is 2.67. The molecule has 1 aromatic carbocycles. The van der Waals surface area contributed by atoms with Crippen molar-refractivity contribution in [3.8, 4) is 6.07 Å². The average molecular weight is 170 g/mol. The molecule has 4 heteroatoms. The van der Waals surface area contributed by atoms with Crippen molar-refractivity contribution >= 4 is 35.5 Å². The summed E-state index contributed by atoms with van der Waals surface area (Å²) in [5.74, 6) is -1.01. The van der Waals surface area contributed by atoms with Crippen LogP contribution < -0.4 is 0 Å². The van der Waals surface area contributed by atoms with Crippen molar-refractivity contribution in [2.45, 2.75) is 0 Å². The van der Waals surface area contributed by atoms with Crippen LogP contribution in [-0.2, 0) is 0 Å². The molecule has 1 aromatic rings. The molecule has 55 valence electrons. The summed E-state index contributed by atoms with van der Waals surface area (Å²) in [6.45, 7) is 0. The van der Waals surface area contributed by atoms with Gasteiger partial charge in [-0.15, -0.1) is 0 Å². The maximum atomic E-state index is 10.4. The summed E-state index contributed by atoms with van der Waals surface area (Å²) < 4.78 is 0. The largest absolute Gasteiger partial charge is 0.478 e. The molecule has 1 N–H and O–H groups in total. The fourth-order valence-corrected chi connectivity index (χ4v) is 0.722. The maximum absolute atomic E-state index is 10.4. The normalized spacial score (nSPS) is 7.92. The van der Waals surface area contributed by atoms with Crippen LogP contribution in [0.5, 0.6) is 0 Å². The van der Waals surface area contributed by atoms with Crippen LogP contribution in [0, 0.1) is 11.3 Å². The number of nitrogens with zero attached hydrogens (tertiary/aromatic N) is 1. The van der Waals surface area contributed by atoms with Crippen LogP contribution in [0.2, 0.25) is 0 Å². The topological polar surface area (TPSA) is 61.1 Å².